The van der Waals surface area contributed by atoms with E-state index in [1.165, 1.54) is 29.1 Å². The molecular weight excluding hydrogens is 318 g/mol. The fraction of sp³-hybridized carbons (Fsp3) is 0.267. The topological polar surface area (TPSA) is 59.2 Å². The monoisotopic (exact) mass is 331 g/mol. The molecule has 0 unspecified atom stereocenters. The molecule has 3 aromatic heterocycles. The van der Waals surface area contributed by atoms with Crippen LogP contribution in [0.25, 0.3) is 10.6 Å². The molecule has 22 heavy (non-hydrogen) atoms. The second-order valence-electron chi connectivity index (χ2n) is 5.19. The van der Waals surface area contributed by atoms with Crippen LogP contribution in [0.3, 0.4) is 0 Å². The van der Waals surface area contributed by atoms with Crippen molar-refractivity contribution in [2.45, 2.75) is 25.8 Å². The third-order valence-electron chi connectivity index (χ3n) is 3.46. The zero-order valence-electron chi connectivity index (χ0n) is 11.9. The van der Waals surface area contributed by atoms with E-state index in [0.717, 1.165) is 28.5 Å². The van der Waals surface area contributed by atoms with Crippen LogP contribution in [-0.2, 0) is 0 Å². The van der Waals surface area contributed by atoms with Gasteiger partial charge >= 0.3 is 0 Å². The summed E-state index contributed by atoms with van der Waals surface area (Å²) >= 11 is 3.02. The first-order chi connectivity index (χ1) is 10.7. The Labute approximate surface area is 135 Å². The van der Waals surface area contributed by atoms with Crippen LogP contribution in [0.5, 0.6) is 0 Å². The number of aromatic nitrogens is 2. The van der Waals surface area contributed by atoms with E-state index in [9.17, 15) is 4.79 Å². The maximum atomic E-state index is 13.0. The predicted octanol–water partition coefficient (Wildman–Crippen LogP) is 3.98. The predicted molar refractivity (Wildman–Crippen MR) is 86.5 cm³/mol. The Hall–Kier alpha value is -1.99. The molecule has 0 aliphatic heterocycles. The second kappa shape index (κ2) is 5.33. The van der Waals surface area contributed by atoms with Crippen LogP contribution in [-0.4, -0.2) is 21.9 Å². The van der Waals surface area contributed by atoms with Crippen LogP contribution in [0.4, 0.5) is 5.13 Å². The van der Waals surface area contributed by atoms with E-state index in [2.05, 4.69) is 9.97 Å². The van der Waals surface area contributed by atoms with Gasteiger partial charge in [-0.05, 0) is 31.2 Å². The van der Waals surface area contributed by atoms with E-state index in [4.69, 9.17) is 4.42 Å². The Bertz CT molecular complexity index is 802. The number of oxazole rings is 1. The fourth-order valence-electron chi connectivity index (χ4n) is 2.29. The third-order valence-corrected chi connectivity index (χ3v) is 5.29. The lowest BCUT2D eigenvalue weighted by Crippen LogP contribution is -2.33. The lowest BCUT2D eigenvalue weighted by atomic mass is 10.2. The number of hydrogen-bond acceptors (Lipinski definition) is 6. The van der Waals surface area contributed by atoms with Gasteiger partial charge in [0.15, 0.2) is 23.0 Å². The van der Waals surface area contributed by atoms with E-state index in [1.54, 1.807) is 4.90 Å². The third kappa shape index (κ3) is 2.36. The molecule has 0 saturated heterocycles. The summed E-state index contributed by atoms with van der Waals surface area (Å²) in [5.41, 5.74) is 1.29. The number of hydrogen-bond donors (Lipinski definition) is 0. The standard InChI is InChI=1S/C15H13N3O2S2/c1-9-7-22-15(17-9)18(10-4-5-10)14(19)12-13(20-8-16-12)11-3-2-6-21-11/h2-3,6-8,10H,4-5H2,1H3. The lowest BCUT2D eigenvalue weighted by molar-refractivity contribution is 0.0981. The number of rotatable bonds is 4. The van der Waals surface area contributed by atoms with Crippen molar-refractivity contribution in [2.75, 3.05) is 4.90 Å². The Balaban J connectivity index is 1.73. The molecule has 1 aliphatic carbocycles. The van der Waals surface area contributed by atoms with E-state index >= 15 is 0 Å². The van der Waals surface area contributed by atoms with E-state index < -0.39 is 0 Å². The van der Waals surface area contributed by atoms with Gasteiger partial charge in [0.25, 0.3) is 5.91 Å². The molecule has 1 saturated carbocycles. The normalized spacial score (nSPS) is 14.2. The number of nitrogens with zero attached hydrogens (tertiary/aromatic N) is 3. The van der Waals surface area contributed by atoms with Crippen molar-refractivity contribution in [1.82, 2.24) is 9.97 Å². The molecule has 0 bridgehead atoms. The first kappa shape index (κ1) is 13.7. The zero-order valence-corrected chi connectivity index (χ0v) is 13.5. The van der Waals surface area contributed by atoms with Crippen molar-refractivity contribution in [1.29, 1.82) is 0 Å². The van der Waals surface area contributed by atoms with Crippen LogP contribution < -0.4 is 4.90 Å². The van der Waals surface area contributed by atoms with Crippen LogP contribution >= 0.6 is 22.7 Å². The van der Waals surface area contributed by atoms with Crippen molar-refractivity contribution in [2.24, 2.45) is 0 Å². The molecule has 3 heterocycles. The largest absolute Gasteiger partial charge is 0.442 e. The first-order valence-corrected chi connectivity index (χ1v) is 8.73. The van der Waals surface area contributed by atoms with Gasteiger partial charge in [-0.25, -0.2) is 9.97 Å². The van der Waals surface area contributed by atoms with Gasteiger partial charge in [0, 0.05) is 11.4 Å². The summed E-state index contributed by atoms with van der Waals surface area (Å²) in [4.78, 5) is 24.3. The summed E-state index contributed by atoms with van der Waals surface area (Å²) < 4.78 is 5.46. The summed E-state index contributed by atoms with van der Waals surface area (Å²) in [5.74, 6) is 0.410. The van der Waals surface area contributed by atoms with E-state index in [0.29, 0.717) is 11.5 Å². The molecular formula is C15H13N3O2S2. The second-order valence-corrected chi connectivity index (χ2v) is 6.97. The SMILES string of the molecule is Cc1csc(N(C(=O)c2ncoc2-c2cccs2)C2CC2)n1. The Morgan fingerprint density at radius 3 is 2.91 bits per heavy atom. The number of amides is 1. The summed E-state index contributed by atoms with van der Waals surface area (Å²) in [7, 11) is 0. The number of aryl methyl sites for hydroxylation is 1. The summed E-state index contributed by atoms with van der Waals surface area (Å²) in [6, 6.07) is 4.09. The Morgan fingerprint density at radius 1 is 1.41 bits per heavy atom. The molecule has 5 nitrogen and oxygen atoms in total. The van der Waals surface area contributed by atoms with Crippen molar-refractivity contribution >= 4 is 33.7 Å². The average molecular weight is 331 g/mol. The van der Waals surface area contributed by atoms with Gasteiger partial charge in [-0.15, -0.1) is 22.7 Å². The van der Waals surface area contributed by atoms with E-state index in [-0.39, 0.29) is 11.9 Å². The van der Waals surface area contributed by atoms with Crippen LogP contribution in [0.2, 0.25) is 0 Å². The highest BCUT2D eigenvalue weighted by Gasteiger charge is 2.38. The first-order valence-electron chi connectivity index (χ1n) is 6.97. The minimum Gasteiger partial charge on any atom is -0.442 e. The smallest absolute Gasteiger partial charge is 0.282 e. The van der Waals surface area contributed by atoms with Crippen LogP contribution in [0, 0.1) is 6.92 Å². The highest BCUT2D eigenvalue weighted by atomic mass is 32.1. The van der Waals surface area contributed by atoms with Crippen LogP contribution in [0.15, 0.2) is 33.7 Å². The average Bonchev–Trinajstić information content (AvgIpc) is 2.97. The lowest BCUT2D eigenvalue weighted by Gasteiger charge is -2.18. The molecule has 0 radical (unpaired) electrons. The highest BCUT2D eigenvalue weighted by molar-refractivity contribution is 7.14. The molecule has 0 atom stereocenters. The van der Waals surface area contributed by atoms with Gasteiger partial charge in [-0.1, -0.05) is 6.07 Å². The number of anilines is 1. The van der Waals surface area contributed by atoms with Gasteiger partial charge < -0.3 is 4.42 Å². The molecule has 0 spiro atoms. The molecule has 112 valence electrons. The van der Waals surface area contributed by atoms with Gasteiger partial charge in [0.05, 0.1) is 10.6 Å². The quantitative estimate of drug-likeness (QED) is 0.725. The number of thiazole rings is 1. The maximum absolute atomic E-state index is 13.0. The van der Waals surface area contributed by atoms with Gasteiger partial charge in [-0.2, -0.15) is 0 Å². The number of carbonyl (C=O) groups is 1. The fourth-order valence-corrected chi connectivity index (χ4v) is 3.87. The summed E-state index contributed by atoms with van der Waals surface area (Å²) in [6.45, 7) is 1.93. The van der Waals surface area contributed by atoms with Gasteiger partial charge in [0.1, 0.15) is 0 Å². The van der Waals surface area contributed by atoms with Crippen molar-refractivity contribution in [3.63, 3.8) is 0 Å². The molecule has 3 aromatic rings. The number of carbonyl (C=O) groups excluding carboxylic acids is 1. The molecule has 1 fully saturated rings. The van der Waals surface area contributed by atoms with Gasteiger partial charge in [-0.3, -0.25) is 9.69 Å². The summed E-state index contributed by atoms with van der Waals surface area (Å²) in [6.07, 6.45) is 3.35. The van der Waals surface area contributed by atoms with Crippen molar-refractivity contribution < 1.29 is 9.21 Å². The number of thiophene rings is 1. The summed E-state index contributed by atoms with van der Waals surface area (Å²) in [5, 5.41) is 4.65. The Morgan fingerprint density at radius 2 is 2.27 bits per heavy atom. The highest BCUT2D eigenvalue weighted by Crippen LogP contribution is 2.36. The molecule has 7 heteroatoms. The van der Waals surface area contributed by atoms with Crippen molar-refractivity contribution in [3.8, 4) is 10.6 Å². The van der Waals surface area contributed by atoms with Crippen molar-refractivity contribution in [3.05, 3.63) is 40.7 Å². The minimum atomic E-state index is -0.131. The molecule has 0 N–H and O–H groups in total. The minimum absolute atomic E-state index is 0.131. The molecule has 4 rings (SSSR count). The maximum Gasteiger partial charge on any atom is 0.282 e. The molecule has 0 aromatic carbocycles. The van der Waals surface area contributed by atoms with Gasteiger partial charge in [0.2, 0.25) is 0 Å². The van der Waals surface area contributed by atoms with E-state index in [1.807, 2.05) is 29.8 Å². The molecule has 1 amide bonds. The molecule has 1 aliphatic rings. The van der Waals surface area contributed by atoms with Crippen LogP contribution in [0.1, 0.15) is 29.0 Å². The Kier molecular flexibility index (Phi) is 3.31. The zero-order chi connectivity index (χ0) is 15.1.